The number of ether oxygens (including phenoxy) is 2. The van der Waals surface area contributed by atoms with E-state index in [0.717, 1.165) is 38.2 Å². The second-order valence-corrected chi connectivity index (χ2v) is 5.59. The van der Waals surface area contributed by atoms with Crippen molar-refractivity contribution in [1.82, 2.24) is 4.90 Å². The summed E-state index contributed by atoms with van der Waals surface area (Å²) in [5.74, 6) is 1.01. The Kier molecular flexibility index (Phi) is 5.76. The van der Waals surface area contributed by atoms with E-state index in [1.165, 1.54) is 5.56 Å². The molecule has 0 saturated heterocycles. The lowest BCUT2D eigenvalue weighted by Gasteiger charge is -2.24. The summed E-state index contributed by atoms with van der Waals surface area (Å²) in [5, 5.41) is 0. The molecule has 1 unspecified atom stereocenters. The second kappa shape index (κ2) is 7.57. The molecule has 0 aliphatic carbocycles. The molecule has 0 amide bonds. The molecule has 0 saturated carbocycles. The molecule has 20 heavy (non-hydrogen) atoms. The molecular weight excluding hydrogens is 272 g/mol. The van der Waals surface area contributed by atoms with Gasteiger partial charge in [0.25, 0.3) is 0 Å². The zero-order valence-corrected chi connectivity index (χ0v) is 12.7. The number of para-hydroxylation sites is 1. The lowest BCUT2D eigenvalue weighted by molar-refractivity contribution is 0.113. The van der Waals surface area contributed by atoms with Crippen LogP contribution in [-0.2, 0) is 11.2 Å². The van der Waals surface area contributed by atoms with Crippen LogP contribution in [0.2, 0.25) is 0 Å². The van der Waals surface area contributed by atoms with Gasteiger partial charge >= 0.3 is 0 Å². The van der Waals surface area contributed by atoms with Gasteiger partial charge in [-0.05, 0) is 11.6 Å². The number of hydrogen-bond acceptors (Lipinski definition) is 4. The van der Waals surface area contributed by atoms with E-state index in [0.29, 0.717) is 11.6 Å². The molecule has 0 spiro atoms. The SMILES string of the molecule is COCCN(CCC(N)=S)CC1Cc2ccccc2O1. The molecule has 1 aliphatic heterocycles. The highest BCUT2D eigenvalue weighted by atomic mass is 32.1. The highest BCUT2D eigenvalue weighted by Gasteiger charge is 2.24. The quantitative estimate of drug-likeness (QED) is 0.738. The van der Waals surface area contributed by atoms with Crippen LogP contribution in [-0.4, -0.2) is 49.3 Å². The lowest BCUT2D eigenvalue weighted by atomic mass is 10.1. The molecule has 4 nitrogen and oxygen atoms in total. The summed E-state index contributed by atoms with van der Waals surface area (Å²) < 4.78 is 11.1. The van der Waals surface area contributed by atoms with Crippen molar-refractivity contribution in [3.63, 3.8) is 0 Å². The van der Waals surface area contributed by atoms with Gasteiger partial charge in [-0.2, -0.15) is 0 Å². The monoisotopic (exact) mass is 294 g/mol. The first kappa shape index (κ1) is 15.2. The Morgan fingerprint density at radius 1 is 1.45 bits per heavy atom. The summed E-state index contributed by atoms with van der Waals surface area (Å²) in [6.07, 6.45) is 1.90. The molecule has 1 heterocycles. The van der Waals surface area contributed by atoms with Gasteiger partial charge in [0.1, 0.15) is 11.9 Å². The molecule has 1 aromatic carbocycles. The van der Waals surface area contributed by atoms with E-state index in [2.05, 4.69) is 17.0 Å². The van der Waals surface area contributed by atoms with Crippen molar-refractivity contribution >= 4 is 17.2 Å². The van der Waals surface area contributed by atoms with Crippen LogP contribution in [0.3, 0.4) is 0 Å². The van der Waals surface area contributed by atoms with Gasteiger partial charge in [0, 0.05) is 39.6 Å². The number of fused-ring (bicyclic) bond motifs is 1. The normalized spacial score (nSPS) is 17.0. The first-order valence-electron chi connectivity index (χ1n) is 6.93. The summed E-state index contributed by atoms with van der Waals surface area (Å²) in [4.78, 5) is 2.86. The molecule has 1 atom stereocenters. The fourth-order valence-electron chi connectivity index (χ4n) is 2.43. The topological polar surface area (TPSA) is 47.7 Å². The average molecular weight is 294 g/mol. The van der Waals surface area contributed by atoms with Gasteiger partial charge < -0.3 is 15.2 Å². The maximum Gasteiger partial charge on any atom is 0.123 e. The number of methoxy groups -OCH3 is 1. The highest BCUT2D eigenvalue weighted by molar-refractivity contribution is 7.80. The van der Waals surface area contributed by atoms with E-state index in [-0.39, 0.29) is 6.10 Å². The van der Waals surface area contributed by atoms with Crippen LogP contribution < -0.4 is 10.5 Å². The minimum atomic E-state index is 0.204. The van der Waals surface area contributed by atoms with Crippen LogP contribution in [0, 0.1) is 0 Å². The van der Waals surface area contributed by atoms with Crippen LogP contribution in [0.15, 0.2) is 24.3 Å². The van der Waals surface area contributed by atoms with E-state index in [4.69, 9.17) is 27.4 Å². The van der Waals surface area contributed by atoms with Gasteiger partial charge in [-0.1, -0.05) is 30.4 Å². The Hall–Kier alpha value is -1.17. The van der Waals surface area contributed by atoms with Crippen molar-refractivity contribution in [2.45, 2.75) is 18.9 Å². The minimum Gasteiger partial charge on any atom is -0.488 e. The van der Waals surface area contributed by atoms with E-state index in [1.807, 2.05) is 12.1 Å². The first-order valence-corrected chi connectivity index (χ1v) is 7.34. The molecule has 2 N–H and O–H groups in total. The standard InChI is InChI=1S/C15H22N2O2S/c1-18-9-8-17(7-6-15(16)20)11-13-10-12-4-2-3-5-14(12)19-13/h2-5,13H,6-11H2,1H3,(H2,16,20). The van der Waals surface area contributed by atoms with Crippen molar-refractivity contribution in [3.8, 4) is 5.75 Å². The third-order valence-corrected chi connectivity index (χ3v) is 3.67. The van der Waals surface area contributed by atoms with Gasteiger partial charge in [-0.3, -0.25) is 4.90 Å². The van der Waals surface area contributed by atoms with Gasteiger partial charge in [0.05, 0.1) is 11.6 Å². The molecule has 0 aromatic heterocycles. The fraction of sp³-hybridized carbons (Fsp3) is 0.533. The van der Waals surface area contributed by atoms with Gasteiger partial charge in [0.2, 0.25) is 0 Å². The Labute approximate surface area is 125 Å². The molecular formula is C15H22N2O2S. The first-order chi connectivity index (χ1) is 9.69. The Balaban J connectivity index is 1.86. The van der Waals surface area contributed by atoms with E-state index in [9.17, 15) is 0 Å². The van der Waals surface area contributed by atoms with Crippen molar-refractivity contribution in [2.24, 2.45) is 5.73 Å². The van der Waals surface area contributed by atoms with Crippen LogP contribution in [0.25, 0.3) is 0 Å². The van der Waals surface area contributed by atoms with Crippen molar-refractivity contribution in [2.75, 3.05) is 33.4 Å². The summed E-state index contributed by atoms with van der Waals surface area (Å²) >= 11 is 4.95. The maximum absolute atomic E-state index is 5.98. The van der Waals surface area contributed by atoms with Crippen LogP contribution >= 0.6 is 12.2 Å². The predicted octanol–water partition coefficient (Wildman–Crippen LogP) is 1.61. The second-order valence-electron chi connectivity index (χ2n) is 5.06. The number of nitrogens with zero attached hydrogens (tertiary/aromatic N) is 1. The largest absolute Gasteiger partial charge is 0.488 e. The van der Waals surface area contributed by atoms with Crippen molar-refractivity contribution < 1.29 is 9.47 Å². The van der Waals surface area contributed by atoms with E-state index < -0.39 is 0 Å². The smallest absolute Gasteiger partial charge is 0.123 e. The molecule has 1 aliphatic rings. The molecule has 1 aromatic rings. The average Bonchev–Trinajstić information content (AvgIpc) is 2.83. The Bertz CT molecular complexity index is 428. The molecule has 0 radical (unpaired) electrons. The summed E-state index contributed by atoms with van der Waals surface area (Å²) in [6, 6.07) is 8.23. The zero-order chi connectivity index (χ0) is 14.4. The number of benzene rings is 1. The Morgan fingerprint density at radius 3 is 2.95 bits per heavy atom. The Morgan fingerprint density at radius 2 is 2.25 bits per heavy atom. The van der Waals surface area contributed by atoms with Crippen LogP contribution in [0.1, 0.15) is 12.0 Å². The van der Waals surface area contributed by atoms with E-state index >= 15 is 0 Å². The summed E-state index contributed by atoms with van der Waals surface area (Å²) in [6.45, 7) is 3.31. The third-order valence-electron chi connectivity index (χ3n) is 3.46. The zero-order valence-electron chi connectivity index (χ0n) is 11.9. The van der Waals surface area contributed by atoms with Gasteiger partial charge in [-0.25, -0.2) is 0 Å². The van der Waals surface area contributed by atoms with Gasteiger partial charge in [0.15, 0.2) is 0 Å². The lowest BCUT2D eigenvalue weighted by Crippen LogP contribution is -2.38. The molecule has 0 fully saturated rings. The van der Waals surface area contributed by atoms with Crippen LogP contribution in [0.5, 0.6) is 5.75 Å². The molecule has 110 valence electrons. The third kappa shape index (κ3) is 4.44. The number of nitrogens with two attached hydrogens (primary N) is 1. The maximum atomic E-state index is 5.98. The van der Waals surface area contributed by atoms with E-state index in [1.54, 1.807) is 7.11 Å². The highest BCUT2D eigenvalue weighted by Crippen LogP contribution is 2.28. The van der Waals surface area contributed by atoms with Gasteiger partial charge in [-0.15, -0.1) is 0 Å². The fourth-order valence-corrected chi connectivity index (χ4v) is 2.52. The molecule has 2 rings (SSSR count). The molecule has 5 heteroatoms. The number of hydrogen-bond donors (Lipinski definition) is 1. The van der Waals surface area contributed by atoms with Crippen molar-refractivity contribution in [1.29, 1.82) is 0 Å². The van der Waals surface area contributed by atoms with Crippen molar-refractivity contribution in [3.05, 3.63) is 29.8 Å². The number of rotatable bonds is 8. The van der Waals surface area contributed by atoms with Crippen LogP contribution in [0.4, 0.5) is 0 Å². The number of thiocarbonyl (C=S) groups is 1. The minimum absolute atomic E-state index is 0.204. The molecule has 0 bridgehead atoms. The predicted molar refractivity (Wildman–Crippen MR) is 84.3 cm³/mol. The summed E-state index contributed by atoms with van der Waals surface area (Å²) in [7, 11) is 1.72. The summed E-state index contributed by atoms with van der Waals surface area (Å²) in [5.41, 5.74) is 6.88.